The van der Waals surface area contributed by atoms with E-state index in [-0.39, 0.29) is 17.6 Å². The summed E-state index contributed by atoms with van der Waals surface area (Å²) in [4.78, 5) is 18.8. The molecule has 3 fully saturated rings. The van der Waals surface area contributed by atoms with Crippen LogP contribution in [-0.4, -0.2) is 84.4 Å². The molecule has 4 rings (SSSR count). The lowest BCUT2D eigenvalue weighted by Gasteiger charge is -2.56. The second-order valence-electron chi connectivity index (χ2n) is 8.00. The zero-order valence-electron chi connectivity index (χ0n) is 15.3. The Balaban J connectivity index is 1.42. The number of nitrogens with zero attached hydrogens (tertiary/aromatic N) is 5. The van der Waals surface area contributed by atoms with Gasteiger partial charge in [0.15, 0.2) is 5.82 Å². The zero-order chi connectivity index (χ0) is 17.6. The largest absolute Gasteiger partial charge is 0.368 e. The molecule has 2 aliphatic heterocycles. The predicted octanol–water partition coefficient (Wildman–Crippen LogP) is 0.543. The minimum atomic E-state index is -0.176. The fraction of sp³-hybridized carbons (Fsp3) is 0.722. The van der Waals surface area contributed by atoms with Crippen LogP contribution in [0.1, 0.15) is 18.5 Å². The summed E-state index contributed by atoms with van der Waals surface area (Å²) in [5, 5.41) is 8.41. The van der Waals surface area contributed by atoms with Crippen LogP contribution >= 0.6 is 0 Å². The van der Waals surface area contributed by atoms with Crippen LogP contribution in [0.3, 0.4) is 0 Å². The maximum absolute atomic E-state index is 12.5. The number of carbonyl (C=O) groups is 1. The minimum absolute atomic E-state index is 0.144. The van der Waals surface area contributed by atoms with E-state index in [2.05, 4.69) is 20.0 Å². The van der Waals surface area contributed by atoms with Crippen molar-refractivity contribution in [2.75, 3.05) is 51.8 Å². The molecule has 2 saturated heterocycles. The number of likely N-dealkylation sites (N-methyl/N-ethyl adjacent to an activating group) is 1. The fourth-order valence-electron chi connectivity index (χ4n) is 3.80. The number of hydrogen-bond donors (Lipinski definition) is 0. The second kappa shape index (κ2) is 6.21. The zero-order valence-corrected chi connectivity index (χ0v) is 15.3. The summed E-state index contributed by atoms with van der Waals surface area (Å²) in [7, 11) is 3.65. The summed E-state index contributed by atoms with van der Waals surface area (Å²) >= 11 is 0. The van der Waals surface area contributed by atoms with Gasteiger partial charge in [0.1, 0.15) is 11.6 Å². The van der Waals surface area contributed by atoms with Gasteiger partial charge < -0.3 is 14.5 Å². The standard InChI is InChI=1S/C18H27N5O2/c1-13-4-7-16(20-19-13)23-11-18(12-23)10-22(8-14-5-6-14)15(9-25-18)17(24)21(2)3/h4,7,14-15H,5-6,8-12H2,1-3H3/t15-/m0/s1. The Kier molecular flexibility index (Phi) is 4.16. The molecule has 0 N–H and O–H groups in total. The predicted molar refractivity (Wildman–Crippen MR) is 94.4 cm³/mol. The summed E-state index contributed by atoms with van der Waals surface area (Å²) in [6.45, 7) is 5.89. The van der Waals surface area contributed by atoms with E-state index >= 15 is 0 Å². The lowest BCUT2D eigenvalue weighted by Crippen LogP contribution is -2.73. The molecular formula is C18H27N5O2. The van der Waals surface area contributed by atoms with Crippen LogP contribution in [0, 0.1) is 12.8 Å². The molecule has 1 amide bonds. The van der Waals surface area contributed by atoms with Crippen molar-refractivity contribution in [1.82, 2.24) is 20.0 Å². The monoisotopic (exact) mass is 345 g/mol. The molecule has 1 aliphatic carbocycles. The number of amides is 1. The van der Waals surface area contributed by atoms with Gasteiger partial charge >= 0.3 is 0 Å². The van der Waals surface area contributed by atoms with Crippen molar-refractivity contribution >= 4 is 11.7 Å². The van der Waals surface area contributed by atoms with E-state index in [0.717, 1.165) is 43.6 Å². The van der Waals surface area contributed by atoms with Crippen molar-refractivity contribution in [2.24, 2.45) is 5.92 Å². The molecule has 1 aromatic rings. The smallest absolute Gasteiger partial charge is 0.241 e. The highest BCUT2D eigenvalue weighted by molar-refractivity contribution is 5.81. The molecule has 7 heteroatoms. The first-order valence-electron chi connectivity index (χ1n) is 9.10. The third-order valence-corrected chi connectivity index (χ3v) is 5.46. The second-order valence-corrected chi connectivity index (χ2v) is 8.00. The average Bonchev–Trinajstić information content (AvgIpc) is 3.37. The minimum Gasteiger partial charge on any atom is -0.368 e. The molecule has 3 heterocycles. The van der Waals surface area contributed by atoms with Gasteiger partial charge in [-0.25, -0.2) is 0 Å². The van der Waals surface area contributed by atoms with Crippen LogP contribution in [0.2, 0.25) is 0 Å². The van der Waals surface area contributed by atoms with E-state index in [1.54, 1.807) is 4.90 Å². The maximum Gasteiger partial charge on any atom is 0.241 e. The number of ether oxygens (including phenoxy) is 1. The number of aryl methyl sites for hydroxylation is 1. The average molecular weight is 345 g/mol. The van der Waals surface area contributed by atoms with Crippen molar-refractivity contribution in [1.29, 1.82) is 0 Å². The van der Waals surface area contributed by atoms with E-state index in [9.17, 15) is 4.79 Å². The molecular weight excluding hydrogens is 318 g/mol. The van der Waals surface area contributed by atoms with Gasteiger partial charge in [0.25, 0.3) is 0 Å². The summed E-state index contributed by atoms with van der Waals surface area (Å²) < 4.78 is 6.21. The Labute approximate surface area is 148 Å². The molecule has 0 aromatic carbocycles. The number of anilines is 1. The molecule has 7 nitrogen and oxygen atoms in total. The van der Waals surface area contributed by atoms with Crippen LogP contribution in [0.5, 0.6) is 0 Å². The van der Waals surface area contributed by atoms with Gasteiger partial charge in [-0.05, 0) is 37.8 Å². The lowest BCUT2D eigenvalue weighted by atomic mass is 9.90. The first kappa shape index (κ1) is 16.7. The van der Waals surface area contributed by atoms with Crippen molar-refractivity contribution < 1.29 is 9.53 Å². The van der Waals surface area contributed by atoms with Crippen LogP contribution in [0.4, 0.5) is 5.82 Å². The van der Waals surface area contributed by atoms with E-state index in [4.69, 9.17) is 4.74 Å². The number of hydrogen-bond acceptors (Lipinski definition) is 6. The van der Waals surface area contributed by atoms with E-state index < -0.39 is 0 Å². The normalized spacial score (nSPS) is 25.7. The molecule has 25 heavy (non-hydrogen) atoms. The third kappa shape index (κ3) is 3.35. The highest BCUT2D eigenvalue weighted by Crippen LogP contribution is 2.37. The number of carbonyl (C=O) groups excluding carboxylic acids is 1. The summed E-state index contributed by atoms with van der Waals surface area (Å²) in [5.74, 6) is 1.81. The van der Waals surface area contributed by atoms with Gasteiger partial charge in [0.05, 0.1) is 25.4 Å². The maximum atomic E-state index is 12.5. The van der Waals surface area contributed by atoms with Gasteiger partial charge in [-0.15, -0.1) is 5.10 Å². The third-order valence-electron chi connectivity index (χ3n) is 5.46. The molecule has 1 atom stereocenters. The summed E-state index contributed by atoms with van der Waals surface area (Å²) in [6.07, 6.45) is 2.58. The molecule has 136 valence electrons. The van der Waals surface area contributed by atoms with Crippen molar-refractivity contribution in [2.45, 2.75) is 31.4 Å². The summed E-state index contributed by atoms with van der Waals surface area (Å²) in [5.41, 5.74) is 0.749. The van der Waals surface area contributed by atoms with Crippen LogP contribution in [0.25, 0.3) is 0 Å². The fourth-order valence-corrected chi connectivity index (χ4v) is 3.80. The molecule has 1 spiro atoms. The van der Waals surface area contributed by atoms with Crippen molar-refractivity contribution in [3.8, 4) is 0 Å². The van der Waals surface area contributed by atoms with Crippen LogP contribution in [0.15, 0.2) is 12.1 Å². The Hall–Kier alpha value is -1.73. The lowest BCUT2D eigenvalue weighted by molar-refractivity contribution is -0.167. The molecule has 3 aliphatic rings. The highest BCUT2D eigenvalue weighted by Gasteiger charge is 2.51. The highest BCUT2D eigenvalue weighted by atomic mass is 16.5. The Morgan fingerprint density at radius 3 is 2.64 bits per heavy atom. The van der Waals surface area contributed by atoms with E-state index in [0.29, 0.717) is 6.61 Å². The van der Waals surface area contributed by atoms with Gasteiger partial charge in [-0.1, -0.05) is 0 Å². The Morgan fingerprint density at radius 2 is 2.04 bits per heavy atom. The topological polar surface area (TPSA) is 61.8 Å². The summed E-state index contributed by atoms with van der Waals surface area (Å²) in [6, 6.07) is 3.85. The molecule has 0 unspecified atom stereocenters. The van der Waals surface area contributed by atoms with Crippen molar-refractivity contribution in [3.63, 3.8) is 0 Å². The number of rotatable bonds is 4. The quantitative estimate of drug-likeness (QED) is 0.794. The van der Waals surface area contributed by atoms with Crippen molar-refractivity contribution in [3.05, 3.63) is 17.8 Å². The van der Waals surface area contributed by atoms with E-state index in [1.807, 2.05) is 33.2 Å². The molecule has 0 radical (unpaired) electrons. The van der Waals surface area contributed by atoms with Gasteiger partial charge in [-0.3, -0.25) is 9.69 Å². The number of morpholine rings is 1. The molecule has 1 aromatic heterocycles. The van der Waals surface area contributed by atoms with E-state index in [1.165, 1.54) is 12.8 Å². The SMILES string of the molecule is Cc1ccc(N2CC3(C2)CN(CC2CC2)[C@H](C(=O)N(C)C)CO3)nn1. The Bertz CT molecular complexity index is 637. The Morgan fingerprint density at radius 1 is 1.28 bits per heavy atom. The van der Waals surface area contributed by atoms with Crippen LogP contribution < -0.4 is 4.90 Å². The molecule has 1 saturated carbocycles. The first-order chi connectivity index (χ1) is 12.0. The molecule has 0 bridgehead atoms. The van der Waals surface area contributed by atoms with Gasteiger partial charge in [0.2, 0.25) is 5.91 Å². The van der Waals surface area contributed by atoms with Gasteiger partial charge in [0, 0.05) is 27.2 Å². The first-order valence-corrected chi connectivity index (χ1v) is 9.10. The number of aromatic nitrogens is 2. The van der Waals surface area contributed by atoms with Crippen LogP contribution in [-0.2, 0) is 9.53 Å². The van der Waals surface area contributed by atoms with Gasteiger partial charge in [-0.2, -0.15) is 5.10 Å².